The van der Waals surface area contributed by atoms with E-state index in [1.54, 1.807) is 6.07 Å². The number of hydrogen-bond donors (Lipinski definition) is 0. The van der Waals surface area contributed by atoms with Crippen molar-refractivity contribution in [3.05, 3.63) is 29.8 Å². The molecular weight excluding hydrogens is 395 g/mol. The molecule has 156 valence electrons. The highest BCUT2D eigenvalue weighted by molar-refractivity contribution is 7.89. The Bertz CT molecular complexity index is 800. The van der Waals surface area contributed by atoms with E-state index in [0.717, 1.165) is 19.3 Å². The summed E-state index contributed by atoms with van der Waals surface area (Å²) in [5.41, 5.74) is 0.238. The highest BCUT2D eigenvalue weighted by Crippen LogP contribution is 2.22. The van der Waals surface area contributed by atoms with Gasteiger partial charge in [-0.2, -0.15) is 17.5 Å². The predicted molar refractivity (Wildman–Crippen MR) is 97.5 cm³/mol. The van der Waals surface area contributed by atoms with E-state index in [2.05, 4.69) is 0 Å². The largest absolute Gasteiger partial charge is 0.401 e. The third kappa shape index (κ3) is 5.03. The molecule has 0 saturated carbocycles. The van der Waals surface area contributed by atoms with Crippen molar-refractivity contribution >= 4 is 15.9 Å². The van der Waals surface area contributed by atoms with E-state index in [-0.39, 0.29) is 42.5 Å². The first-order chi connectivity index (χ1) is 13.2. The van der Waals surface area contributed by atoms with Crippen molar-refractivity contribution in [1.29, 1.82) is 0 Å². The first-order valence-corrected chi connectivity index (χ1v) is 10.8. The second-order valence-corrected chi connectivity index (χ2v) is 9.11. The minimum absolute atomic E-state index is 0.0796. The Morgan fingerprint density at radius 3 is 2.21 bits per heavy atom. The number of alkyl halides is 3. The number of piperidine rings is 1. The molecule has 0 bridgehead atoms. The summed E-state index contributed by atoms with van der Waals surface area (Å²) in [4.78, 5) is 15.5. The lowest BCUT2D eigenvalue weighted by molar-refractivity contribution is -0.148. The van der Waals surface area contributed by atoms with Crippen molar-refractivity contribution in [3.63, 3.8) is 0 Å². The van der Waals surface area contributed by atoms with E-state index in [9.17, 15) is 26.4 Å². The second-order valence-electron chi connectivity index (χ2n) is 7.18. The third-order valence-electron chi connectivity index (χ3n) is 5.10. The SMILES string of the molecule is O=C(c1cccc(S(=O)(=O)N2CCCCC2)c1)N1CCN(CC(F)(F)F)CC1. The van der Waals surface area contributed by atoms with Gasteiger partial charge in [0.15, 0.2) is 0 Å². The number of rotatable bonds is 4. The van der Waals surface area contributed by atoms with Crippen LogP contribution < -0.4 is 0 Å². The van der Waals surface area contributed by atoms with Crippen LogP contribution in [0.2, 0.25) is 0 Å². The van der Waals surface area contributed by atoms with E-state index in [1.165, 1.54) is 32.3 Å². The van der Waals surface area contributed by atoms with E-state index in [4.69, 9.17) is 0 Å². The van der Waals surface area contributed by atoms with Crippen LogP contribution in [0.3, 0.4) is 0 Å². The van der Waals surface area contributed by atoms with Crippen molar-refractivity contribution in [2.75, 3.05) is 45.8 Å². The average Bonchev–Trinajstić information content (AvgIpc) is 2.67. The molecule has 0 aliphatic carbocycles. The first kappa shape index (κ1) is 21.1. The van der Waals surface area contributed by atoms with Gasteiger partial charge in [0.25, 0.3) is 5.91 Å². The summed E-state index contributed by atoms with van der Waals surface area (Å²) in [6.45, 7) is 0.589. The van der Waals surface area contributed by atoms with Crippen LogP contribution in [0.25, 0.3) is 0 Å². The van der Waals surface area contributed by atoms with Gasteiger partial charge in [-0.1, -0.05) is 12.5 Å². The molecule has 0 atom stereocenters. The van der Waals surface area contributed by atoms with Crippen LogP contribution in [0.15, 0.2) is 29.2 Å². The maximum Gasteiger partial charge on any atom is 0.401 e. The van der Waals surface area contributed by atoms with Crippen LogP contribution in [-0.2, 0) is 10.0 Å². The Balaban J connectivity index is 1.68. The lowest BCUT2D eigenvalue weighted by atomic mass is 10.2. The molecule has 1 aromatic carbocycles. The van der Waals surface area contributed by atoms with Gasteiger partial charge in [-0.25, -0.2) is 8.42 Å². The zero-order chi connectivity index (χ0) is 20.4. The molecule has 0 spiro atoms. The molecule has 10 heteroatoms. The fourth-order valence-corrected chi connectivity index (χ4v) is 5.15. The van der Waals surface area contributed by atoms with Gasteiger partial charge in [-0.3, -0.25) is 9.69 Å². The van der Waals surface area contributed by atoms with Crippen molar-refractivity contribution in [2.45, 2.75) is 30.3 Å². The van der Waals surface area contributed by atoms with Crippen molar-refractivity contribution in [2.24, 2.45) is 0 Å². The number of benzene rings is 1. The van der Waals surface area contributed by atoms with Gasteiger partial charge >= 0.3 is 6.18 Å². The minimum atomic E-state index is -4.26. The Labute approximate surface area is 162 Å². The standard InChI is InChI=1S/C18H24F3N3O3S/c19-18(20,21)14-22-9-11-23(12-10-22)17(25)15-5-4-6-16(13-15)28(26,27)24-7-2-1-3-8-24/h4-6,13H,1-3,7-12,14H2. The zero-order valence-electron chi connectivity index (χ0n) is 15.5. The van der Waals surface area contributed by atoms with Gasteiger partial charge in [0, 0.05) is 44.8 Å². The van der Waals surface area contributed by atoms with Gasteiger partial charge < -0.3 is 4.90 Å². The molecule has 2 saturated heterocycles. The molecule has 2 aliphatic heterocycles. The zero-order valence-corrected chi connectivity index (χ0v) is 16.3. The number of carbonyl (C=O) groups is 1. The second kappa shape index (κ2) is 8.38. The fourth-order valence-electron chi connectivity index (χ4n) is 3.59. The molecule has 1 aromatic rings. The van der Waals surface area contributed by atoms with Crippen LogP contribution in [-0.4, -0.2) is 80.4 Å². The van der Waals surface area contributed by atoms with E-state index < -0.39 is 22.7 Å². The van der Waals surface area contributed by atoms with Crippen LogP contribution in [0, 0.1) is 0 Å². The molecule has 3 rings (SSSR count). The van der Waals surface area contributed by atoms with Crippen LogP contribution in [0.4, 0.5) is 13.2 Å². The summed E-state index contributed by atoms with van der Waals surface area (Å²) in [5.74, 6) is -0.359. The number of nitrogens with zero attached hydrogens (tertiary/aromatic N) is 3. The molecule has 0 N–H and O–H groups in total. The van der Waals surface area contributed by atoms with E-state index in [1.807, 2.05) is 0 Å². The van der Waals surface area contributed by atoms with Gasteiger partial charge in [0.1, 0.15) is 0 Å². The minimum Gasteiger partial charge on any atom is -0.336 e. The van der Waals surface area contributed by atoms with Crippen molar-refractivity contribution in [1.82, 2.24) is 14.1 Å². The van der Waals surface area contributed by atoms with Gasteiger partial charge in [0.05, 0.1) is 11.4 Å². The molecule has 6 nitrogen and oxygen atoms in total. The molecule has 0 unspecified atom stereocenters. The lowest BCUT2D eigenvalue weighted by Gasteiger charge is -2.35. The number of piperazine rings is 1. The number of hydrogen-bond acceptors (Lipinski definition) is 4. The van der Waals surface area contributed by atoms with E-state index >= 15 is 0 Å². The maximum absolute atomic E-state index is 12.8. The molecule has 2 heterocycles. The summed E-state index contributed by atoms with van der Waals surface area (Å²) in [7, 11) is -3.65. The first-order valence-electron chi connectivity index (χ1n) is 9.35. The number of sulfonamides is 1. The smallest absolute Gasteiger partial charge is 0.336 e. The molecule has 0 radical (unpaired) electrons. The normalized spacial score (nSPS) is 20.3. The fraction of sp³-hybridized carbons (Fsp3) is 0.611. The number of halogens is 3. The quantitative estimate of drug-likeness (QED) is 0.751. The predicted octanol–water partition coefficient (Wildman–Crippen LogP) is 2.18. The highest BCUT2D eigenvalue weighted by Gasteiger charge is 2.33. The molecule has 1 amide bonds. The Morgan fingerprint density at radius 2 is 1.61 bits per heavy atom. The monoisotopic (exact) mass is 419 g/mol. The highest BCUT2D eigenvalue weighted by atomic mass is 32.2. The van der Waals surface area contributed by atoms with Crippen molar-refractivity contribution in [3.8, 4) is 0 Å². The Hall–Kier alpha value is -1.65. The van der Waals surface area contributed by atoms with Crippen molar-refractivity contribution < 1.29 is 26.4 Å². The topological polar surface area (TPSA) is 60.9 Å². The van der Waals surface area contributed by atoms with Gasteiger partial charge in [0.2, 0.25) is 10.0 Å². The molecule has 2 aliphatic rings. The lowest BCUT2D eigenvalue weighted by Crippen LogP contribution is -2.50. The summed E-state index contributed by atoms with van der Waals surface area (Å²) in [5, 5.41) is 0. The average molecular weight is 419 g/mol. The van der Waals surface area contributed by atoms with Gasteiger partial charge in [-0.05, 0) is 31.0 Å². The summed E-state index contributed by atoms with van der Waals surface area (Å²) >= 11 is 0. The number of carbonyl (C=O) groups excluding carboxylic acids is 1. The van der Waals surface area contributed by atoms with Crippen LogP contribution in [0.5, 0.6) is 0 Å². The van der Waals surface area contributed by atoms with Crippen LogP contribution >= 0.6 is 0 Å². The maximum atomic E-state index is 12.8. The Morgan fingerprint density at radius 1 is 0.964 bits per heavy atom. The van der Waals surface area contributed by atoms with E-state index in [0.29, 0.717) is 13.1 Å². The van der Waals surface area contributed by atoms with Gasteiger partial charge in [-0.15, -0.1) is 0 Å². The summed E-state index contributed by atoms with van der Waals surface area (Å²) in [6, 6.07) is 5.92. The summed E-state index contributed by atoms with van der Waals surface area (Å²) in [6.07, 6.45) is -1.62. The molecule has 0 aromatic heterocycles. The molecule has 2 fully saturated rings. The molecule has 28 heavy (non-hydrogen) atoms. The number of amides is 1. The van der Waals surface area contributed by atoms with Crippen LogP contribution in [0.1, 0.15) is 29.6 Å². The Kier molecular flexibility index (Phi) is 6.31. The third-order valence-corrected chi connectivity index (χ3v) is 6.99. The summed E-state index contributed by atoms with van der Waals surface area (Å²) < 4.78 is 64.5. The molecular formula is C18H24F3N3O3S.